The second-order valence-electron chi connectivity index (χ2n) is 7.93. The van der Waals surface area contributed by atoms with Gasteiger partial charge in [-0.25, -0.2) is 0 Å². The van der Waals surface area contributed by atoms with Crippen molar-refractivity contribution in [2.75, 3.05) is 26.2 Å². The van der Waals surface area contributed by atoms with Gasteiger partial charge in [-0.2, -0.15) is 0 Å². The van der Waals surface area contributed by atoms with E-state index in [-0.39, 0.29) is 29.7 Å². The summed E-state index contributed by atoms with van der Waals surface area (Å²) in [4.78, 5) is 41.1. The fourth-order valence-corrected chi connectivity index (χ4v) is 4.14. The van der Waals surface area contributed by atoms with E-state index < -0.39 is 0 Å². The molecule has 2 saturated heterocycles. The van der Waals surface area contributed by atoms with Gasteiger partial charge in [0.05, 0.1) is 12.2 Å². The Morgan fingerprint density at radius 2 is 1.89 bits per heavy atom. The zero-order valence-electron chi connectivity index (χ0n) is 16.9. The summed E-state index contributed by atoms with van der Waals surface area (Å²) in [5.74, 6) is 0.393. The predicted octanol–water partition coefficient (Wildman–Crippen LogP) is 2.35. The average molecular weight is 389 g/mol. The Morgan fingerprint density at radius 1 is 1.14 bits per heavy atom. The Bertz CT molecular complexity index is 706. The van der Waals surface area contributed by atoms with E-state index in [9.17, 15) is 14.4 Å². The average Bonchev–Trinajstić information content (AvgIpc) is 3.14. The van der Waals surface area contributed by atoms with Gasteiger partial charge in [-0.05, 0) is 45.1 Å². The minimum atomic E-state index is -0.190. The molecule has 1 N–H and O–H groups in total. The van der Waals surface area contributed by atoms with Gasteiger partial charge in [-0.1, -0.05) is 6.92 Å². The van der Waals surface area contributed by atoms with Crippen LogP contribution in [0.3, 0.4) is 0 Å². The highest BCUT2D eigenvalue weighted by atomic mass is 16.3. The lowest BCUT2D eigenvalue weighted by atomic mass is 9.94. The molecular weight excluding hydrogens is 358 g/mol. The normalized spacial score (nSPS) is 20.9. The monoisotopic (exact) mass is 389 g/mol. The Balaban J connectivity index is 1.47. The van der Waals surface area contributed by atoms with Crippen LogP contribution >= 0.6 is 0 Å². The van der Waals surface area contributed by atoms with Crippen LogP contribution in [0.25, 0.3) is 0 Å². The van der Waals surface area contributed by atoms with Gasteiger partial charge in [0.2, 0.25) is 11.8 Å². The summed E-state index contributed by atoms with van der Waals surface area (Å²) in [6.07, 6.45) is 6.13. The number of nitrogens with one attached hydrogen (secondary N) is 1. The van der Waals surface area contributed by atoms with Crippen LogP contribution in [0.15, 0.2) is 16.7 Å². The molecule has 0 radical (unpaired) electrons. The minimum Gasteiger partial charge on any atom is -0.459 e. The second kappa shape index (κ2) is 9.26. The van der Waals surface area contributed by atoms with Crippen molar-refractivity contribution in [1.29, 1.82) is 0 Å². The molecule has 0 aromatic carbocycles. The van der Waals surface area contributed by atoms with Crippen molar-refractivity contribution in [2.24, 2.45) is 5.92 Å². The molecule has 154 valence electrons. The van der Waals surface area contributed by atoms with E-state index in [1.807, 2.05) is 23.6 Å². The van der Waals surface area contributed by atoms with Gasteiger partial charge < -0.3 is 19.5 Å². The maximum absolute atomic E-state index is 12.9. The van der Waals surface area contributed by atoms with Gasteiger partial charge in [-0.15, -0.1) is 0 Å². The van der Waals surface area contributed by atoms with Crippen LogP contribution < -0.4 is 5.32 Å². The molecule has 7 nitrogen and oxygen atoms in total. The molecule has 1 atom stereocenters. The van der Waals surface area contributed by atoms with Gasteiger partial charge in [0, 0.05) is 44.2 Å². The quantitative estimate of drug-likeness (QED) is 0.838. The summed E-state index contributed by atoms with van der Waals surface area (Å²) >= 11 is 0. The largest absolute Gasteiger partial charge is 0.459 e. The zero-order chi connectivity index (χ0) is 20.1. The number of aryl methyl sites for hydroxylation is 1. The zero-order valence-corrected chi connectivity index (χ0v) is 16.9. The van der Waals surface area contributed by atoms with Crippen LogP contribution in [0.4, 0.5) is 0 Å². The second-order valence-corrected chi connectivity index (χ2v) is 7.93. The van der Waals surface area contributed by atoms with Crippen LogP contribution in [-0.4, -0.2) is 59.7 Å². The minimum absolute atomic E-state index is 0.0510. The number of hydrogen-bond donors (Lipinski definition) is 1. The van der Waals surface area contributed by atoms with E-state index >= 15 is 0 Å². The molecule has 0 saturated carbocycles. The van der Waals surface area contributed by atoms with E-state index in [1.165, 1.54) is 6.26 Å². The highest BCUT2D eigenvalue weighted by Crippen LogP contribution is 2.22. The van der Waals surface area contributed by atoms with Crippen LogP contribution in [0.1, 0.15) is 61.6 Å². The first-order chi connectivity index (χ1) is 13.5. The van der Waals surface area contributed by atoms with Crippen molar-refractivity contribution in [3.63, 3.8) is 0 Å². The summed E-state index contributed by atoms with van der Waals surface area (Å²) in [6.45, 7) is 6.44. The third kappa shape index (κ3) is 4.75. The van der Waals surface area contributed by atoms with Crippen LogP contribution in [0, 0.1) is 12.8 Å². The fourth-order valence-electron chi connectivity index (χ4n) is 4.14. The number of furan rings is 1. The lowest BCUT2D eigenvalue weighted by molar-refractivity contribution is -0.141. The van der Waals surface area contributed by atoms with Crippen molar-refractivity contribution in [2.45, 2.75) is 58.4 Å². The number of piperidine rings is 2. The fraction of sp³-hybridized carbons (Fsp3) is 0.667. The van der Waals surface area contributed by atoms with E-state index in [0.717, 1.165) is 44.2 Å². The smallest absolute Gasteiger partial charge is 0.287 e. The molecule has 2 aliphatic rings. The number of carbonyl (C=O) groups excluding carboxylic acids is 3. The molecule has 3 amide bonds. The Kier molecular flexibility index (Phi) is 6.75. The van der Waals surface area contributed by atoms with E-state index in [4.69, 9.17) is 4.42 Å². The van der Waals surface area contributed by atoms with E-state index in [1.54, 1.807) is 6.07 Å². The first-order valence-electron chi connectivity index (χ1n) is 10.4. The molecule has 3 heterocycles. The summed E-state index contributed by atoms with van der Waals surface area (Å²) in [5, 5.41) is 3.01. The number of nitrogens with zero attached hydrogens (tertiary/aromatic N) is 2. The SMILES string of the molecule is CCCC(=O)N1CCCC(C(=O)N2CCC(NC(=O)c3occc3C)CC2)C1. The number of likely N-dealkylation sites (tertiary alicyclic amines) is 2. The standard InChI is InChI=1S/C21H31N3O4/c1-3-5-18(25)24-10-4-6-16(14-24)21(27)23-11-7-17(8-12-23)22-20(26)19-15(2)9-13-28-19/h9,13,16-17H,3-8,10-12,14H2,1-2H3,(H,22,26). The number of rotatable bonds is 5. The van der Waals surface area contributed by atoms with Gasteiger partial charge in [0.25, 0.3) is 5.91 Å². The molecule has 28 heavy (non-hydrogen) atoms. The van der Waals surface area contributed by atoms with Crippen LogP contribution in [0.2, 0.25) is 0 Å². The molecule has 1 aromatic rings. The third-order valence-electron chi connectivity index (χ3n) is 5.80. The molecule has 3 rings (SSSR count). The van der Waals surface area contributed by atoms with Crippen molar-refractivity contribution in [3.05, 3.63) is 23.7 Å². The van der Waals surface area contributed by atoms with Crippen molar-refractivity contribution >= 4 is 17.7 Å². The predicted molar refractivity (Wildman–Crippen MR) is 105 cm³/mol. The topological polar surface area (TPSA) is 82.9 Å². The lowest BCUT2D eigenvalue weighted by Gasteiger charge is -2.38. The molecule has 0 aliphatic carbocycles. The van der Waals surface area contributed by atoms with Gasteiger partial charge in [-0.3, -0.25) is 14.4 Å². The summed E-state index contributed by atoms with van der Waals surface area (Å²) < 4.78 is 5.24. The molecule has 1 unspecified atom stereocenters. The maximum atomic E-state index is 12.9. The summed E-state index contributed by atoms with van der Waals surface area (Å²) in [5.41, 5.74) is 0.824. The Labute approximate surface area is 166 Å². The molecule has 2 aliphatic heterocycles. The number of carbonyl (C=O) groups is 3. The van der Waals surface area contributed by atoms with E-state index in [0.29, 0.717) is 31.8 Å². The van der Waals surface area contributed by atoms with Crippen LogP contribution in [0.5, 0.6) is 0 Å². The van der Waals surface area contributed by atoms with Crippen molar-refractivity contribution < 1.29 is 18.8 Å². The lowest BCUT2D eigenvalue weighted by Crippen LogP contribution is -2.51. The summed E-state index contributed by atoms with van der Waals surface area (Å²) in [7, 11) is 0. The molecule has 0 spiro atoms. The maximum Gasteiger partial charge on any atom is 0.287 e. The molecule has 7 heteroatoms. The molecular formula is C21H31N3O4. The van der Waals surface area contributed by atoms with Gasteiger partial charge >= 0.3 is 0 Å². The highest BCUT2D eigenvalue weighted by molar-refractivity contribution is 5.93. The van der Waals surface area contributed by atoms with Gasteiger partial charge in [0.15, 0.2) is 5.76 Å². The number of hydrogen-bond acceptors (Lipinski definition) is 4. The Hall–Kier alpha value is -2.31. The highest BCUT2D eigenvalue weighted by Gasteiger charge is 2.33. The van der Waals surface area contributed by atoms with Crippen LogP contribution in [-0.2, 0) is 9.59 Å². The van der Waals surface area contributed by atoms with Crippen molar-refractivity contribution in [1.82, 2.24) is 15.1 Å². The number of amides is 3. The molecule has 2 fully saturated rings. The molecule has 0 bridgehead atoms. The third-order valence-corrected chi connectivity index (χ3v) is 5.80. The first kappa shape index (κ1) is 20.4. The van der Waals surface area contributed by atoms with Gasteiger partial charge in [0.1, 0.15) is 0 Å². The van der Waals surface area contributed by atoms with Crippen molar-refractivity contribution in [3.8, 4) is 0 Å². The summed E-state index contributed by atoms with van der Waals surface area (Å²) in [6, 6.07) is 1.82. The molecule has 1 aromatic heterocycles. The first-order valence-corrected chi connectivity index (χ1v) is 10.4. The Morgan fingerprint density at radius 3 is 2.54 bits per heavy atom. The van der Waals surface area contributed by atoms with E-state index in [2.05, 4.69) is 5.32 Å².